The van der Waals surface area contributed by atoms with E-state index in [0.717, 1.165) is 25.7 Å². The molecule has 0 bridgehead atoms. The van der Waals surface area contributed by atoms with Crippen molar-refractivity contribution in [2.45, 2.75) is 51.6 Å². The fourth-order valence-electron chi connectivity index (χ4n) is 2.90. The summed E-state index contributed by atoms with van der Waals surface area (Å²) in [6, 6.07) is 8.18. The van der Waals surface area contributed by atoms with Crippen molar-refractivity contribution in [2.75, 3.05) is 6.54 Å². The molecule has 1 fully saturated rings. The van der Waals surface area contributed by atoms with Crippen molar-refractivity contribution in [1.29, 1.82) is 0 Å². The van der Waals surface area contributed by atoms with E-state index in [1.807, 2.05) is 12.1 Å². The third kappa shape index (κ3) is 4.34. The largest absolute Gasteiger partial charge is 0.393 e. The lowest BCUT2D eigenvalue weighted by Crippen LogP contribution is -2.36. The summed E-state index contributed by atoms with van der Waals surface area (Å²) in [5.74, 6) is 0.331. The highest BCUT2D eigenvalue weighted by Gasteiger charge is 2.23. The molecule has 3 nitrogen and oxygen atoms in total. The molecule has 0 aromatic heterocycles. The van der Waals surface area contributed by atoms with Gasteiger partial charge >= 0.3 is 0 Å². The molecule has 1 amide bonds. The van der Waals surface area contributed by atoms with Gasteiger partial charge in [-0.15, -0.1) is 0 Å². The highest BCUT2D eigenvalue weighted by molar-refractivity contribution is 5.76. The van der Waals surface area contributed by atoms with E-state index in [2.05, 4.69) is 24.4 Å². The number of rotatable bonds is 5. The molecule has 2 rings (SSSR count). The van der Waals surface area contributed by atoms with E-state index in [-0.39, 0.29) is 17.9 Å². The lowest BCUT2D eigenvalue weighted by atomic mass is 9.86. The average Bonchev–Trinajstić information content (AvgIpc) is 2.45. The first-order valence-electron chi connectivity index (χ1n) is 7.66. The summed E-state index contributed by atoms with van der Waals surface area (Å²) in [6.07, 6.45) is 5.25. The fourth-order valence-corrected chi connectivity index (χ4v) is 2.90. The number of hydrogen-bond donors (Lipinski definition) is 2. The molecule has 110 valence electrons. The van der Waals surface area contributed by atoms with Crippen molar-refractivity contribution in [3.05, 3.63) is 35.4 Å². The number of nitrogens with one attached hydrogen (secondary N) is 1. The van der Waals surface area contributed by atoms with Crippen LogP contribution in [0.1, 0.15) is 43.2 Å². The summed E-state index contributed by atoms with van der Waals surface area (Å²) in [4.78, 5) is 11.9. The lowest BCUT2D eigenvalue weighted by Gasteiger charge is -2.27. The van der Waals surface area contributed by atoms with E-state index in [9.17, 15) is 9.90 Å². The van der Waals surface area contributed by atoms with Gasteiger partial charge in [0, 0.05) is 18.9 Å². The van der Waals surface area contributed by atoms with Crippen LogP contribution in [-0.4, -0.2) is 23.7 Å². The van der Waals surface area contributed by atoms with Crippen molar-refractivity contribution >= 4 is 5.91 Å². The summed E-state index contributed by atoms with van der Waals surface area (Å²) in [6.45, 7) is 2.69. The van der Waals surface area contributed by atoms with E-state index < -0.39 is 0 Å². The molecule has 1 aliphatic rings. The standard InChI is InChI=1S/C17H25NO2/c1-13-6-2-3-7-14(13)10-11-17(20)18-12-15-8-4-5-9-16(15)19/h2-3,6-7,15-16,19H,4-5,8-12H2,1H3,(H,18,20). The van der Waals surface area contributed by atoms with Gasteiger partial charge in [-0.25, -0.2) is 0 Å². The second-order valence-electron chi connectivity index (χ2n) is 5.84. The first kappa shape index (κ1) is 15.0. The van der Waals surface area contributed by atoms with Crippen LogP contribution in [0.2, 0.25) is 0 Å². The second-order valence-corrected chi connectivity index (χ2v) is 5.84. The van der Waals surface area contributed by atoms with E-state index in [0.29, 0.717) is 13.0 Å². The minimum Gasteiger partial charge on any atom is -0.393 e. The Bertz CT molecular complexity index is 444. The SMILES string of the molecule is Cc1ccccc1CCC(=O)NCC1CCCCC1O. The maximum atomic E-state index is 11.9. The van der Waals surface area contributed by atoms with Gasteiger partial charge in [0.2, 0.25) is 5.91 Å². The molecule has 1 aromatic carbocycles. The zero-order valence-corrected chi connectivity index (χ0v) is 12.3. The zero-order valence-electron chi connectivity index (χ0n) is 12.3. The molecule has 0 saturated heterocycles. The van der Waals surface area contributed by atoms with E-state index in [1.54, 1.807) is 0 Å². The molecular formula is C17H25NO2. The summed E-state index contributed by atoms with van der Waals surface area (Å²) in [7, 11) is 0. The molecule has 0 aliphatic heterocycles. The molecule has 2 unspecified atom stereocenters. The number of aliphatic hydroxyl groups is 1. The maximum Gasteiger partial charge on any atom is 0.220 e. The molecular weight excluding hydrogens is 250 g/mol. The van der Waals surface area contributed by atoms with Crippen LogP contribution in [0.4, 0.5) is 0 Å². The molecule has 1 aromatic rings. The Balaban J connectivity index is 1.71. The minimum absolute atomic E-state index is 0.0889. The molecule has 0 heterocycles. The third-order valence-electron chi connectivity index (χ3n) is 4.31. The molecule has 2 atom stereocenters. The summed E-state index contributed by atoms with van der Waals surface area (Å²) < 4.78 is 0. The van der Waals surface area contributed by atoms with Gasteiger partial charge in [-0.1, -0.05) is 37.1 Å². The monoisotopic (exact) mass is 275 g/mol. The lowest BCUT2D eigenvalue weighted by molar-refractivity contribution is -0.121. The van der Waals surface area contributed by atoms with E-state index in [1.165, 1.54) is 17.5 Å². The number of aliphatic hydroxyl groups excluding tert-OH is 1. The van der Waals surface area contributed by atoms with Crippen molar-refractivity contribution in [3.63, 3.8) is 0 Å². The summed E-state index contributed by atoms with van der Waals surface area (Å²) in [5, 5.41) is 12.8. The van der Waals surface area contributed by atoms with Crippen LogP contribution >= 0.6 is 0 Å². The van der Waals surface area contributed by atoms with Crippen LogP contribution in [0.25, 0.3) is 0 Å². The molecule has 2 N–H and O–H groups in total. The van der Waals surface area contributed by atoms with Crippen LogP contribution < -0.4 is 5.32 Å². The molecule has 1 aliphatic carbocycles. The number of carbonyl (C=O) groups is 1. The quantitative estimate of drug-likeness (QED) is 0.868. The van der Waals surface area contributed by atoms with E-state index >= 15 is 0 Å². The van der Waals surface area contributed by atoms with Gasteiger partial charge in [-0.05, 0) is 37.3 Å². The highest BCUT2D eigenvalue weighted by Crippen LogP contribution is 2.23. The number of amides is 1. The van der Waals surface area contributed by atoms with Crippen LogP contribution in [0, 0.1) is 12.8 Å². The minimum atomic E-state index is -0.236. The van der Waals surface area contributed by atoms with E-state index in [4.69, 9.17) is 0 Å². The Morgan fingerprint density at radius 1 is 1.30 bits per heavy atom. The molecule has 0 radical (unpaired) electrons. The van der Waals surface area contributed by atoms with Gasteiger partial charge in [-0.2, -0.15) is 0 Å². The Kier molecular flexibility index (Phi) is 5.60. The van der Waals surface area contributed by atoms with Crippen LogP contribution in [0.3, 0.4) is 0 Å². The Morgan fingerprint density at radius 2 is 2.05 bits per heavy atom. The summed E-state index contributed by atoms with van der Waals surface area (Å²) >= 11 is 0. The number of hydrogen-bond acceptors (Lipinski definition) is 2. The fraction of sp³-hybridized carbons (Fsp3) is 0.588. The second kappa shape index (κ2) is 7.44. The average molecular weight is 275 g/mol. The number of aryl methyl sites for hydroxylation is 2. The van der Waals surface area contributed by atoms with Crippen LogP contribution in [-0.2, 0) is 11.2 Å². The van der Waals surface area contributed by atoms with Gasteiger partial charge in [0.15, 0.2) is 0 Å². The first-order valence-corrected chi connectivity index (χ1v) is 7.66. The van der Waals surface area contributed by atoms with Crippen LogP contribution in [0.15, 0.2) is 24.3 Å². The smallest absolute Gasteiger partial charge is 0.220 e. The summed E-state index contributed by atoms with van der Waals surface area (Å²) in [5.41, 5.74) is 2.48. The molecule has 20 heavy (non-hydrogen) atoms. The maximum absolute atomic E-state index is 11.9. The molecule has 1 saturated carbocycles. The number of benzene rings is 1. The van der Waals surface area contributed by atoms with Crippen molar-refractivity contribution in [1.82, 2.24) is 5.32 Å². The number of carbonyl (C=O) groups excluding carboxylic acids is 1. The molecule has 3 heteroatoms. The Hall–Kier alpha value is -1.35. The van der Waals surface area contributed by atoms with Crippen molar-refractivity contribution in [3.8, 4) is 0 Å². The van der Waals surface area contributed by atoms with Gasteiger partial charge < -0.3 is 10.4 Å². The van der Waals surface area contributed by atoms with Gasteiger partial charge in [0.25, 0.3) is 0 Å². The van der Waals surface area contributed by atoms with Gasteiger partial charge in [0.1, 0.15) is 0 Å². The topological polar surface area (TPSA) is 49.3 Å². The Labute approximate surface area is 121 Å². The predicted octanol–water partition coefficient (Wildman–Crippen LogP) is 2.59. The van der Waals surface area contributed by atoms with Crippen LogP contribution in [0.5, 0.6) is 0 Å². The molecule has 0 spiro atoms. The zero-order chi connectivity index (χ0) is 14.4. The van der Waals surface area contributed by atoms with Gasteiger partial charge in [0.05, 0.1) is 6.10 Å². The predicted molar refractivity (Wildman–Crippen MR) is 80.5 cm³/mol. The third-order valence-corrected chi connectivity index (χ3v) is 4.31. The van der Waals surface area contributed by atoms with Gasteiger partial charge in [-0.3, -0.25) is 4.79 Å². The van der Waals surface area contributed by atoms with Crippen molar-refractivity contribution in [2.24, 2.45) is 5.92 Å². The Morgan fingerprint density at radius 3 is 2.80 bits per heavy atom. The highest BCUT2D eigenvalue weighted by atomic mass is 16.3. The normalized spacial score (nSPS) is 22.5. The first-order chi connectivity index (χ1) is 9.66. The van der Waals surface area contributed by atoms with Crippen molar-refractivity contribution < 1.29 is 9.90 Å².